The molecule has 2 bridgehead atoms. The highest BCUT2D eigenvalue weighted by Crippen LogP contribution is 2.29. The van der Waals surface area contributed by atoms with Gasteiger partial charge in [0.25, 0.3) is 0 Å². The van der Waals surface area contributed by atoms with E-state index >= 15 is 0 Å². The van der Waals surface area contributed by atoms with Gasteiger partial charge in [0, 0.05) is 32.2 Å². The molecule has 0 saturated carbocycles. The topological polar surface area (TPSA) is 78.7 Å². The minimum Gasteiger partial charge on any atom is -0.352 e. The molecule has 2 atom stereocenters. The number of hydrogen-bond donors (Lipinski definition) is 2. The maximum absolute atomic E-state index is 12.3. The monoisotopic (exact) mass is 316 g/mol. The molecular weight excluding hydrogens is 292 g/mol. The molecule has 3 aliphatic rings. The fourth-order valence-corrected chi connectivity index (χ4v) is 3.67. The van der Waals surface area contributed by atoms with Crippen LogP contribution in [-0.4, -0.2) is 54.0 Å². The number of carbonyl (C=O) groups is 2. The Hall–Kier alpha value is -2.08. The lowest BCUT2D eigenvalue weighted by Crippen LogP contribution is -2.46. The van der Waals surface area contributed by atoms with Crippen molar-refractivity contribution in [3.8, 4) is 0 Å². The van der Waals surface area contributed by atoms with Crippen LogP contribution < -0.4 is 11.1 Å². The molecule has 0 radical (unpaired) electrons. The van der Waals surface area contributed by atoms with Crippen LogP contribution in [-0.2, 0) is 11.3 Å². The van der Waals surface area contributed by atoms with E-state index < -0.39 is 6.03 Å². The zero-order valence-electron chi connectivity index (χ0n) is 13.3. The van der Waals surface area contributed by atoms with E-state index in [1.54, 1.807) is 0 Å². The number of nitrogens with one attached hydrogen (secondary N) is 1. The number of urea groups is 1. The molecule has 0 aromatic heterocycles. The highest BCUT2D eigenvalue weighted by molar-refractivity contribution is 5.83. The van der Waals surface area contributed by atoms with Crippen molar-refractivity contribution < 1.29 is 9.59 Å². The van der Waals surface area contributed by atoms with E-state index in [1.807, 2.05) is 11.0 Å². The van der Waals surface area contributed by atoms with Crippen molar-refractivity contribution in [2.24, 2.45) is 11.7 Å². The molecule has 3 aliphatic heterocycles. The third-order valence-corrected chi connectivity index (χ3v) is 4.82. The van der Waals surface area contributed by atoms with Gasteiger partial charge in [-0.3, -0.25) is 9.69 Å². The van der Waals surface area contributed by atoms with Crippen LogP contribution in [0.3, 0.4) is 0 Å². The third-order valence-electron chi connectivity index (χ3n) is 4.82. The van der Waals surface area contributed by atoms with Crippen molar-refractivity contribution >= 4 is 11.9 Å². The van der Waals surface area contributed by atoms with Gasteiger partial charge >= 0.3 is 6.03 Å². The van der Waals surface area contributed by atoms with E-state index in [0.717, 1.165) is 32.6 Å². The highest BCUT2D eigenvalue weighted by Gasteiger charge is 2.36. The average Bonchev–Trinajstić information content (AvgIpc) is 2.85. The van der Waals surface area contributed by atoms with E-state index in [0.29, 0.717) is 12.0 Å². The second-order valence-corrected chi connectivity index (χ2v) is 6.53. The number of piperidine rings is 1. The van der Waals surface area contributed by atoms with E-state index in [4.69, 9.17) is 5.73 Å². The van der Waals surface area contributed by atoms with E-state index in [1.165, 1.54) is 12.0 Å². The van der Waals surface area contributed by atoms with Gasteiger partial charge < -0.3 is 16.0 Å². The Kier molecular flexibility index (Phi) is 4.81. The molecule has 6 heteroatoms. The molecule has 3 N–H and O–H groups in total. The van der Waals surface area contributed by atoms with Crippen molar-refractivity contribution in [2.45, 2.75) is 25.4 Å². The Bertz CT molecular complexity index is 563. The summed E-state index contributed by atoms with van der Waals surface area (Å²) in [6.45, 7) is 3.48. The molecule has 3 amide bonds. The lowest BCUT2D eigenvalue weighted by atomic mass is 9.94. The van der Waals surface area contributed by atoms with Crippen LogP contribution in [0.2, 0.25) is 0 Å². The molecule has 3 fully saturated rings. The number of nitrogens with zero attached hydrogens (tertiary/aromatic N) is 2. The SMILES string of the molecule is NC(=O)NCC(=O)N1C[C@@H]2CC[C@H](C1)N(Cc1ccccc1)C2. The maximum atomic E-state index is 12.3. The highest BCUT2D eigenvalue weighted by atomic mass is 16.2. The second-order valence-electron chi connectivity index (χ2n) is 6.53. The molecule has 23 heavy (non-hydrogen) atoms. The molecule has 1 aromatic carbocycles. The zero-order chi connectivity index (χ0) is 16.2. The van der Waals surface area contributed by atoms with Gasteiger partial charge in [-0.25, -0.2) is 4.79 Å². The number of benzene rings is 1. The third kappa shape index (κ3) is 4.01. The summed E-state index contributed by atoms with van der Waals surface area (Å²) in [6.07, 6.45) is 2.30. The standard InChI is InChI=1S/C17H24N4O2/c18-17(23)19-8-16(22)21-11-14-6-7-15(12-21)20(10-14)9-13-4-2-1-3-5-13/h1-5,14-15H,6-12H2,(H3,18,19,23)/t14-,15-/m1/s1. The lowest BCUT2D eigenvalue weighted by Gasteiger charge is -2.36. The van der Waals surface area contributed by atoms with E-state index in [2.05, 4.69) is 34.5 Å². The van der Waals surface area contributed by atoms with Gasteiger partial charge in [0.2, 0.25) is 5.91 Å². The van der Waals surface area contributed by atoms with Crippen LogP contribution in [0.5, 0.6) is 0 Å². The number of fused-ring (bicyclic) bond motifs is 4. The second kappa shape index (κ2) is 7.00. The van der Waals surface area contributed by atoms with Gasteiger partial charge in [-0.15, -0.1) is 0 Å². The van der Waals surface area contributed by atoms with Crippen LogP contribution in [0, 0.1) is 5.92 Å². The van der Waals surface area contributed by atoms with E-state index in [9.17, 15) is 9.59 Å². The summed E-state index contributed by atoms with van der Waals surface area (Å²) in [4.78, 5) is 27.4. The summed E-state index contributed by atoms with van der Waals surface area (Å²) < 4.78 is 0. The van der Waals surface area contributed by atoms with Crippen LogP contribution in [0.1, 0.15) is 18.4 Å². The van der Waals surface area contributed by atoms with Gasteiger partial charge in [0.15, 0.2) is 0 Å². The maximum Gasteiger partial charge on any atom is 0.312 e. The van der Waals surface area contributed by atoms with Crippen LogP contribution in [0.4, 0.5) is 4.79 Å². The van der Waals surface area contributed by atoms with Crippen molar-refractivity contribution in [1.29, 1.82) is 0 Å². The molecule has 0 aliphatic carbocycles. The molecule has 3 saturated heterocycles. The van der Waals surface area contributed by atoms with Gasteiger partial charge in [-0.2, -0.15) is 0 Å². The largest absolute Gasteiger partial charge is 0.352 e. The van der Waals surface area contributed by atoms with Crippen LogP contribution in [0.25, 0.3) is 0 Å². The first kappa shape index (κ1) is 15.8. The summed E-state index contributed by atoms with van der Waals surface area (Å²) in [5.41, 5.74) is 6.36. The number of amides is 3. The number of rotatable bonds is 4. The van der Waals surface area contributed by atoms with Crippen LogP contribution in [0.15, 0.2) is 30.3 Å². The molecule has 4 rings (SSSR count). The van der Waals surface area contributed by atoms with Crippen molar-refractivity contribution in [1.82, 2.24) is 15.1 Å². The van der Waals surface area contributed by atoms with Crippen molar-refractivity contribution in [2.75, 3.05) is 26.2 Å². The molecule has 0 spiro atoms. The molecular formula is C17H24N4O2. The molecule has 1 aromatic rings. The summed E-state index contributed by atoms with van der Waals surface area (Å²) in [5.74, 6) is 0.470. The predicted molar refractivity (Wildman–Crippen MR) is 87.5 cm³/mol. The van der Waals surface area contributed by atoms with Gasteiger partial charge in [-0.05, 0) is 24.3 Å². The quantitative estimate of drug-likeness (QED) is 0.861. The minimum atomic E-state index is -0.651. The number of nitrogens with two attached hydrogens (primary N) is 1. The summed E-state index contributed by atoms with van der Waals surface area (Å²) in [5, 5.41) is 2.40. The molecule has 0 unspecified atom stereocenters. The summed E-state index contributed by atoms with van der Waals surface area (Å²) in [6, 6.07) is 10.2. The van der Waals surface area contributed by atoms with Crippen molar-refractivity contribution in [3.05, 3.63) is 35.9 Å². The summed E-state index contributed by atoms with van der Waals surface area (Å²) >= 11 is 0. The van der Waals surface area contributed by atoms with Gasteiger partial charge in [-0.1, -0.05) is 30.3 Å². The predicted octanol–water partition coefficient (Wildman–Crippen LogP) is 0.778. The van der Waals surface area contributed by atoms with Crippen LogP contribution >= 0.6 is 0 Å². The molecule has 124 valence electrons. The first-order chi connectivity index (χ1) is 11.1. The Balaban J connectivity index is 1.63. The fourth-order valence-electron chi connectivity index (χ4n) is 3.67. The lowest BCUT2D eigenvalue weighted by molar-refractivity contribution is -0.130. The Morgan fingerprint density at radius 1 is 1.13 bits per heavy atom. The fraction of sp³-hybridized carbons (Fsp3) is 0.529. The van der Waals surface area contributed by atoms with E-state index in [-0.39, 0.29) is 12.5 Å². The Morgan fingerprint density at radius 3 is 2.65 bits per heavy atom. The molecule has 3 heterocycles. The van der Waals surface area contributed by atoms with Gasteiger partial charge in [0.05, 0.1) is 6.54 Å². The minimum absolute atomic E-state index is 0.00649. The first-order valence-electron chi connectivity index (χ1n) is 8.21. The number of carbonyl (C=O) groups excluding carboxylic acids is 2. The Morgan fingerprint density at radius 2 is 1.91 bits per heavy atom. The first-order valence-corrected chi connectivity index (χ1v) is 8.21. The zero-order valence-corrected chi connectivity index (χ0v) is 13.3. The Labute approximate surface area is 136 Å². The van der Waals surface area contributed by atoms with Gasteiger partial charge in [0.1, 0.15) is 0 Å². The summed E-state index contributed by atoms with van der Waals surface area (Å²) in [7, 11) is 0. The molecule has 6 nitrogen and oxygen atoms in total. The normalized spacial score (nSPS) is 24.3. The average molecular weight is 316 g/mol. The number of primary amides is 1. The number of hydrogen-bond acceptors (Lipinski definition) is 3. The van der Waals surface area contributed by atoms with Crippen molar-refractivity contribution in [3.63, 3.8) is 0 Å². The smallest absolute Gasteiger partial charge is 0.312 e.